The lowest BCUT2D eigenvalue weighted by Gasteiger charge is -2.25. The van der Waals surface area contributed by atoms with Crippen LogP contribution in [0.3, 0.4) is 0 Å². The standard InChI is InChI=1S/C13H17Cl2NO4S/c1-13(2,6-5-12(17)18)16-21(19,20)8-9-3-4-10(14)11(15)7-9/h3-4,7,16H,5-6,8H2,1-2H3,(H,17,18). The minimum atomic E-state index is -3.61. The molecule has 0 spiro atoms. The molecule has 1 aromatic carbocycles. The summed E-state index contributed by atoms with van der Waals surface area (Å²) in [7, 11) is -3.61. The molecule has 118 valence electrons. The van der Waals surface area contributed by atoms with Gasteiger partial charge in [-0.1, -0.05) is 29.3 Å². The van der Waals surface area contributed by atoms with Crippen LogP contribution in [0.4, 0.5) is 0 Å². The number of halogens is 2. The summed E-state index contributed by atoms with van der Waals surface area (Å²) in [5.74, 6) is -1.22. The van der Waals surface area contributed by atoms with Crippen LogP contribution >= 0.6 is 23.2 Å². The Labute approximate surface area is 134 Å². The minimum absolute atomic E-state index is 0.109. The van der Waals surface area contributed by atoms with Gasteiger partial charge in [-0.2, -0.15) is 0 Å². The van der Waals surface area contributed by atoms with E-state index in [1.165, 1.54) is 12.1 Å². The van der Waals surface area contributed by atoms with Gasteiger partial charge in [-0.3, -0.25) is 4.79 Å². The zero-order valence-electron chi connectivity index (χ0n) is 11.7. The molecule has 0 radical (unpaired) electrons. The molecule has 0 heterocycles. The van der Waals surface area contributed by atoms with Crippen molar-refractivity contribution in [3.8, 4) is 0 Å². The van der Waals surface area contributed by atoms with Gasteiger partial charge in [0, 0.05) is 12.0 Å². The van der Waals surface area contributed by atoms with Crippen LogP contribution in [0, 0.1) is 0 Å². The van der Waals surface area contributed by atoms with Crippen LogP contribution in [0.5, 0.6) is 0 Å². The van der Waals surface area contributed by atoms with Crippen LogP contribution in [-0.2, 0) is 20.6 Å². The van der Waals surface area contributed by atoms with E-state index in [1.54, 1.807) is 19.9 Å². The summed E-state index contributed by atoms with van der Waals surface area (Å²) in [6, 6.07) is 4.61. The lowest BCUT2D eigenvalue weighted by Crippen LogP contribution is -2.44. The topological polar surface area (TPSA) is 83.5 Å². The fraction of sp³-hybridized carbons (Fsp3) is 0.462. The Hall–Kier alpha value is -0.820. The molecule has 0 aliphatic rings. The normalized spacial score (nSPS) is 12.4. The lowest BCUT2D eigenvalue weighted by molar-refractivity contribution is -0.137. The monoisotopic (exact) mass is 353 g/mol. The molecule has 0 saturated carbocycles. The van der Waals surface area contributed by atoms with Crippen LogP contribution in [0.25, 0.3) is 0 Å². The number of rotatable bonds is 7. The smallest absolute Gasteiger partial charge is 0.303 e. The van der Waals surface area contributed by atoms with E-state index in [9.17, 15) is 13.2 Å². The van der Waals surface area contributed by atoms with Gasteiger partial charge in [0.05, 0.1) is 15.8 Å². The molecule has 0 fully saturated rings. The summed E-state index contributed by atoms with van der Waals surface area (Å²) < 4.78 is 26.7. The van der Waals surface area contributed by atoms with Crippen LogP contribution < -0.4 is 4.72 Å². The van der Waals surface area contributed by atoms with Crippen molar-refractivity contribution in [2.45, 2.75) is 38.0 Å². The van der Waals surface area contributed by atoms with Crippen LogP contribution in [0.15, 0.2) is 18.2 Å². The number of hydrogen-bond acceptors (Lipinski definition) is 3. The van der Waals surface area contributed by atoms with Gasteiger partial charge in [-0.05, 0) is 38.0 Å². The third-order valence-electron chi connectivity index (χ3n) is 2.74. The zero-order valence-corrected chi connectivity index (χ0v) is 14.0. The predicted octanol–water partition coefficient (Wildman–Crippen LogP) is 3.06. The van der Waals surface area contributed by atoms with Gasteiger partial charge in [-0.25, -0.2) is 13.1 Å². The zero-order chi connectivity index (χ0) is 16.3. The maximum atomic E-state index is 12.1. The highest BCUT2D eigenvalue weighted by Crippen LogP contribution is 2.24. The average Bonchev–Trinajstić information content (AvgIpc) is 2.30. The van der Waals surface area contributed by atoms with Gasteiger partial charge < -0.3 is 5.11 Å². The Bertz CT molecular complexity index is 629. The van der Waals surface area contributed by atoms with E-state index < -0.39 is 21.5 Å². The molecule has 0 amide bonds. The van der Waals surface area contributed by atoms with Gasteiger partial charge >= 0.3 is 5.97 Å². The Morgan fingerprint density at radius 1 is 1.29 bits per heavy atom. The lowest BCUT2D eigenvalue weighted by atomic mass is 10.0. The van der Waals surface area contributed by atoms with Gasteiger partial charge in [-0.15, -0.1) is 0 Å². The molecule has 0 atom stereocenters. The molecule has 8 heteroatoms. The Kier molecular flexibility index (Phi) is 6.04. The maximum Gasteiger partial charge on any atom is 0.303 e. The summed E-state index contributed by atoms with van der Waals surface area (Å²) >= 11 is 11.6. The van der Waals surface area contributed by atoms with Gasteiger partial charge in [0.25, 0.3) is 0 Å². The number of carboxylic acids is 1. The van der Waals surface area contributed by atoms with Crippen molar-refractivity contribution < 1.29 is 18.3 Å². The number of sulfonamides is 1. The van der Waals surface area contributed by atoms with Crippen molar-refractivity contribution in [2.24, 2.45) is 0 Å². The maximum absolute atomic E-state index is 12.1. The number of aliphatic carboxylic acids is 1. The van der Waals surface area contributed by atoms with Crippen LogP contribution in [0.1, 0.15) is 32.3 Å². The van der Waals surface area contributed by atoms with E-state index in [0.29, 0.717) is 10.6 Å². The summed E-state index contributed by atoms with van der Waals surface area (Å²) in [4.78, 5) is 10.6. The predicted molar refractivity (Wildman–Crippen MR) is 83.2 cm³/mol. The van der Waals surface area contributed by atoms with Crippen molar-refractivity contribution in [3.05, 3.63) is 33.8 Å². The van der Waals surface area contributed by atoms with E-state index in [-0.39, 0.29) is 23.6 Å². The molecule has 0 aliphatic carbocycles. The van der Waals surface area contributed by atoms with E-state index in [0.717, 1.165) is 0 Å². The molecule has 0 saturated heterocycles. The van der Waals surface area contributed by atoms with Crippen LogP contribution in [-0.4, -0.2) is 25.0 Å². The summed E-state index contributed by atoms with van der Waals surface area (Å²) in [6.07, 6.45) is 0.0885. The molecule has 1 aromatic rings. The molecule has 0 aromatic heterocycles. The third-order valence-corrected chi connectivity index (χ3v) is 5.05. The van der Waals surface area contributed by atoms with E-state index >= 15 is 0 Å². The van der Waals surface area contributed by atoms with Crippen molar-refractivity contribution in [1.29, 1.82) is 0 Å². The van der Waals surface area contributed by atoms with E-state index in [4.69, 9.17) is 28.3 Å². The average molecular weight is 354 g/mol. The molecule has 1 rings (SSSR count). The second-order valence-electron chi connectivity index (χ2n) is 5.39. The first kappa shape index (κ1) is 18.2. The first-order valence-electron chi connectivity index (χ1n) is 6.18. The van der Waals surface area contributed by atoms with Crippen molar-refractivity contribution in [3.63, 3.8) is 0 Å². The quantitative estimate of drug-likeness (QED) is 0.788. The van der Waals surface area contributed by atoms with Crippen molar-refractivity contribution in [2.75, 3.05) is 0 Å². The first-order valence-corrected chi connectivity index (χ1v) is 8.59. The molecule has 21 heavy (non-hydrogen) atoms. The number of carboxylic acid groups (broad SMARTS) is 1. The highest BCUT2D eigenvalue weighted by molar-refractivity contribution is 7.88. The van der Waals surface area contributed by atoms with E-state index in [2.05, 4.69) is 4.72 Å². The number of hydrogen-bond donors (Lipinski definition) is 2. The Morgan fingerprint density at radius 2 is 1.90 bits per heavy atom. The number of benzene rings is 1. The summed E-state index contributed by atoms with van der Waals surface area (Å²) in [6.45, 7) is 3.28. The highest BCUT2D eigenvalue weighted by Gasteiger charge is 2.25. The second kappa shape index (κ2) is 6.96. The molecular weight excluding hydrogens is 337 g/mol. The number of nitrogens with one attached hydrogen (secondary N) is 1. The minimum Gasteiger partial charge on any atom is -0.481 e. The van der Waals surface area contributed by atoms with Crippen molar-refractivity contribution >= 4 is 39.2 Å². The Morgan fingerprint density at radius 3 is 2.43 bits per heavy atom. The largest absolute Gasteiger partial charge is 0.481 e. The van der Waals surface area contributed by atoms with Crippen molar-refractivity contribution in [1.82, 2.24) is 4.72 Å². The molecule has 5 nitrogen and oxygen atoms in total. The second-order valence-corrected chi connectivity index (χ2v) is 7.92. The fourth-order valence-corrected chi connectivity index (χ4v) is 3.73. The third kappa shape index (κ3) is 6.65. The van der Waals surface area contributed by atoms with Gasteiger partial charge in [0.15, 0.2) is 0 Å². The highest BCUT2D eigenvalue weighted by atomic mass is 35.5. The summed E-state index contributed by atoms with van der Waals surface area (Å²) in [5.41, 5.74) is -0.334. The molecule has 0 aliphatic heterocycles. The van der Waals surface area contributed by atoms with E-state index in [1.807, 2.05) is 0 Å². The fourth-order valence-electron chi connectivity index (χ4n) is 1.78. The SMILES string of the molecule is CC(C)(CCC(=O)O)NS(=O)(=O)Cc1ccc(Cl)c(Cl)c1. The molecular formula is C13H17Cl2NO4S. The van der Waals surface area contributed by atoms with Gasteiger partial charge in [0.1, 0.15) is 0 Å². The molecule has 0 unspecified atom stereocenters. The summed E-state index contributed by atoms with van der Waals surface area (Å²) in [5, 5.41) is 9.30. The van der Waals surface area contributed by atoms with Crippen LogP contribution in [0.2, 0.25) is 10.0 Å². The number of carbonyl (C=O) groups is 1. The van der Waals surface area contributed by atoms with Gasteiger partial charge in [0.2, 0.25) is 10.0 Å². The first-order chi connectivity index (χ1) is 9.51. The Balaban J connectivity index is 2.77. The molecule has 0 bridgehead atoms. The molecule has 2 N–H and O–H groups in total.